The number of phenolic OH excluding ortho intramolecular Hbond substituents is 1. The van der Waals surface area contributed by atoms with E-state index in [0.717, 1.165) is 0 Å². The summed E-state index contributed by atoms with van der Waals surface area (Å²) in [6.45, 7) is 6.61. The van der Waals surface area contributed by atoms with E-state index in [1.807, 2.05) is 0 Å². The summed E-state index contributed by atoms with van der Waals surface area (Å²) in [4.78, 5) is 36.1. The molecule has 0 radical (unpaired) electrons. The molecule has 1 rings (SSSR count). The molecule has 0 aliphatic heterocycles. The predicted octanol–water partition coefficient (Wildman–Crippen LogP) is 1.51. The summed E-state index contributed by atoms with van der Waals surface area (Å²) in [5, 5.41) is 14.4. The second kappa shape index (κ2) is 9.07. The van der Waals surface area contributed by atoms with Crippen LogP contribution < -0.4 is 10.6 Å². The summed E-state index contributed by atoms with van der Waals surface area (Å²) in [6.07, 6.45) is -0.596. The number of amides is 2. The van der Waals surface area contributed by atoms with Gasteiger partial charge in [0.15, 0.2) is 0 Å². The highest BCUT2D eigenvalue weighted by atomic mass is 16.6. The Labute approximate surface area is 152 Å². The van der Waals surface area contributed by atoms with Crippen molar-refractivity contribution in [2.75, 3.05) is 7.11 Å². The van der Waals surface area contributed by atoms with E-state index in [2.05, 4.69) is 15.4 Å². The molecule has 0 saturated carbocycles. The third kappa shape index (κ3) is 7.42. The highest BCUT2D eigenvalue weighted by Crippen LogP contribution is 2.12. The topological polar surface area (TPSA) is 114 Å². The van der Waals surface area contributed by atoms with E-state index >= 15 is 0 Å². The van der Waals surface area contributed by atoms with E-state index < -0.39 is 35.7 Å². The average Bonchev–Trinajstić information content (AvgIpc) is 2.53. The van der Waals surface area contributed by atoms with E-state index in [0.29, 0.717) is 5.56 Å². The summed E-state index contributed by atoms with van der Waals surface area (Å²) in [5.41, 5.74) is -0.00658. The van der Waals surface area contributed by atoms with Gasteiger partial charge < -0.3 is 25.2 Å². The molecular formula is C18H26N2O6. The Bertz CT molecular complexity index is 636. The fraction of sp³-hybridized carbons (Fsp3) is 0.500. The van der Waals surface area contributed by atoms with Crippen LogP contribution in [0.2, 0.25) is 0 Å². The number of hydrogen-bond donors (Lipinski definition) is 3. The van der Waals surface area contributed by atoms with Crippen LogP contribution in [-0.2, 0) is 25.5 Å². The maximum atomic E-state index is 12.5. The van der Waals surface area contributed by atoms with Gasteiger partial charge in [-0.15, -0.1) is 0 Å². The number of carbonyl (C=O) groups excluding carboxylic acids is 3. The first-order valence-electron chi connectivity index (χ1n) is 8.17. The van der Waals surface area contributed by atoms with Gasteiger partial charge in [0, 0.05) is 6.42 Å². The Balaban J connectivity index is 2.89. The third-order valence-electron chi connectivity index (χ3n) is 3.30. The summed E-state index contributed by atoms with van der Waals surface area (Å²) in [5.74, 6) is -1.06. The van der Waals surface area contributed by atoms with Gasteiger partial charge in [-0.25, -0.2) is 9.59 Å². The van der Waals surface area contributed by atoms with Crippen molar-refractivity contribution < 1.29 is 29.0 Å². The first kappa shape index (κ1) is 21.3. The van der Waals surface area contributed by atoms with Crippen molar-refractivity contribution in [1.82, 2.24) is 10.6 Å². The number of phenols is 1. The zero-order valence-electron chi connectivity index (χ0n) is 15.7. The van der Waals surface area contributed by atoms with Gasteiger partial charge in [0.2, 0.25) is 5.91 Å². The molecule has 0 heterocycles. The number of ether oxygens (including phenoxy) is 2. The maximum absolute atomic E-state index is 12.5. The minimum atomic E-state index is -0.971. The average molecular weight is 366 g/mol. The number of benzene rings is 1. The molecule has 0 spiro atoms. The molecule has 1 aromatic carbocycles. The lowest BCUT2D eigenvalue weighted by molar-refractivity contribution is -0.144. The molecule has 8 nitrogen and oxygen atoms in total. The van der Waals surface area contributed by atoms with Crippen molar-refractivity contribution in [3.63, 3.8) is 0 Å². The monoisotopic (exact) mass is 366 g/mol. The number of nitrogens with one attached hydrogen (secondary N) is 2. The number of aromatic hydroxyl groups is 1. The minimum Gasteiger partial charge on any atom is -0.508 e. The summed E-state index contributed by atoms with van der Waals surface area (Å²) in [6, 6.07) is 4.40. The normalized spacial score (nSPS) is 13.3. The molecule has 2 amide bonds. The first-order chi connectivity index (χ1) is 12.0. The molecule has 3 N–H and O–H groups in total. The van der Waals surface area contributed by atoms with Crippen LogP contribution in [0.15, 0.2) is 24.3 Å². The van der Waals surface area contributed by atoms with E-state index in [-0.39, 0.29) is 12.2 Å². The molecule has 1 aromatic rings. The minimum absolute atomic E-state index is 0.0918. The largest absolute Gasteiger partial charge is 0.508 e. The predicted molar refractivity (Wildman–Crippen MR) is 94.6 cm³/mol. The Kier molecular flexibility index (Phi) is 7.42. The highest BCUT2D eigenvalue weighted by Gasteiger charge is 2.27. The first-order valence-corrected chi connectivity index (χ1v) is 8.17. The van der Waals surface area contributed by atoms with Crippen molar-refractivity contribution in [3.05, 3.63) is 29.8 Å². The van der Waals surface area contributed by atoms with Crippen molar-refractivity contribution in [1.29, 1.82) is 0 Å². The van der Waals surface area contributed by atoms with Gasteiger partial charge in [-0.2, -0.15) is 0 Å². The van der Waals surface area contributed by atoms with Crippen LogP contribution >= 0.6 is 0 Å². The number of hydrogen-bond acceptors (Lipinski definition) is 6. The van der Waals surface area contributed by atoms with Crippen LogP contribution in [-0.4, -0.2) is 47.9 Å². The quantitative estimate of drug-likeness (QED) is 0.658. The number of methoxy groups -OCH3 is 1. The molecular weight excluding hydrogens is 340 g/mol. The molecule has 0 aromatic heterocycles. The summed E-state index contributed by atoms with van der Waals surface area (Å²) < 4.78 is 9.76. The smallest absolute Gasteiger partial charge is 0.408 e. The van der Waals surface area contributed by atoms with Crippen LogP contribution in [0.25, 0.3) is 0 Å². The van der Waals surface area contributed by atoms with E-state index in [4.69, 9.17) is 4.74 Å². The Morgan fingerprint density at radius 3 is 2.19 bits per heavy atom. The molecule has 0 saturated heterocycles. The van der Waals surface area contributed by atoms with Gasteiger partial charge in [0.25, 0.3) is 0 Å². The maximum Gasteiger partial charge on any atom is 0.408 e. The van der Waals surface area contributed by atoms with Crippen molar-refractivity contribution >= 4 is 18.0 Å². The molecule has 0 aliphatic carbocycles. The second-order valence-corrected chi connectivity index (χ2v) is 6.82. The van der Waals surface area contributed by atoms with Crippen LogP contribution in [0, 0.1) is 0 Å². The molecule has 0 bridgehead atoms. The lowest BCUT2D eigenvalue weighted by atomic mass is 10.0. The Hall–Kier alpha value is -2.77. The van der Waals surface area contributed by atoms with Gasteiger partial charge in [0.05, 0.1) is 7.11 Å². The second-order valence-electron chi connectivity index (χ2n) is 6.82. The molecule has 8 heteroatoms. The Morgan fingerprint density at radius 1 is 1.12 bits per heavy atom. The van der Waals surface area contributed by atoms with Crippen LogP contribution in [0.3, 0.4) is 0 Å². The molecule has 0 fully saturated rings. The highest BCUT2D eigenvalue weighted by molar-refractivity contribution is 5.89. The fourth-order valence-corrected chi connectivity index (χ4v) is 2.08. The van der Waals surface area contributed by atoms with Crippen LogP contribution in [0.1, 0.15) is 33.3 Å². The van der Waals surface area contributed by atoms with E-state index in [1.165, 1.54) is 26.2 Å². The molecule has 2 unspecified atom stereocenters. The van der Waals surface area contributed by atoms with Gasteiger partial charge in [0.1, 0.15) is 23.4 Å². The molecule has 26 heavy (non-hydrogen) atoms. The zero-order chi connectivity index (χ0) is 19.9. The van der Waals surface area contributed by atoms with Crippen LogP contribution in [0.4, 0.5) is 4.79 Å². The molecule has 0 aliphatic rings. The Morgan fingerprint density at radius 2 is 1.69 bits per heavy atom. The van der Waals surface area contributed by atoms with E-state index in [1.54, 1.807) is 32.9 Å². The zero-order valence-corrected chi connectivity index (χ0v) is 15.7. The van der Waals surface area contributed by atoms with Gasteiger partial charge in [-0.3, -0.25) is 4.79 Å². The number of rotatable bonds is 6. The summed E-state index contributed by atoms with van der Waals surface area (Å²) >= 11 is 0. The van der Waals surface area contributed by atoms with Crippen molar-refractivity contribution in [2.45, 2.75) is 51.8 Å². The van der Waals surface area contributed by atoms with Gasteiger partial charge in [-0.1, -0.05) is 12.1 Å². The van der Waals surface area contributed by atoms with Gasteiger partial charge >= 0.3 is 12.1 Å². The number of carbonyl (C=O) groups is 3. The van der Waals surface area contributed by atoms with Crippen molar-refractivity contribution in [3.8, 4) is 5.75 Å². The van der Waals surface area contributed by atoms with E-state index in [9.17, 15) is 19.5 Å². The lowest BCUT2D eigenvalue weighted by Crippen LogP contribution is -2.52. The molecule has 144 valence electrons. The third-order valence-corrected chi connectivity index (χ3v) is 3.30. The van der Waals surface area contributed by atoms with Crippen molar-refractivity contribution in [2.24, 2.45) is 0 Å². The molecule has 2 atom stereocenters. The number of esters is 1. The standard InChI is InChI=1S/C18H26N2O6/c1-11(16(23)25-5)19-15(22)14(20-17(24)26-18(2,3)4)10-12-6-8-13(21)9-7-12/h6-9,11,14,21H,10H2,1-5H3,(H,19,22)(H,20,24). The lowest BCUT2D eigenvalue weighted by Gasteiger charge is -2.24. The fourth-order valence-electron chi connectivity index (χ4n) is 2.08. The summed E-state index contributed by atoms with van der Waals surface area (Å²) in [7, 11) is 1.22. The van der Waals surface area contributed by atoms with Gasteiger partial charge in [-0.05, 0) is 45.4 Å². The number of alkyl carbamates (subject to hydrolysis) is 1. The SMILES string of the molecule is COC(=O)C(C)NC(=O)C(Cc1ccc(O)cc1)NC(=O)OC(C)(C)C. The van der Waals surface area contributed by atoms with Crippen LogP contribution in [0.5, 0.6) is 5.75 Å².